The summed E-state index contributed by atoms with van der Waals surface area (Å²) >= 11 is 12.5. The molecule has 164 valence electrons. The van der Waals surface area contributed by atoms with Crippen molar-refractivity contribution in [1.82, 2.24) is 0 Å². The number of ketones is 1. The zero-order chi connectivity index (χ0) is 22.9. The van der Waals surface area contributed by atoms with Gasteiger partial charge in [-0.05, 0) is 41.8 Å². The predicted molar refractivity (Wildman–Crippen MR) is 127 cm³/mol. The van der Waals surface area contributed by atoms with Gasteiger partial charge in [-0.2, -0.15) is 0 Å². The quantitative estimate of drug-likeness (QED) is 0.436. The lowest BCUT2D eigenvalue weighted by atomic mass is 9.88. The van der Waals surface area contributed by atoms with E-state index in [1.807, 2.05) is 30.3 Å². The molecule has 3 aromatic rings. The third-order valence-electron chi connectivity index (χ3n) is 5.81. The Hall–Kier alpha value is -2.66. The zero-order valence-electron chi connectivity index (χ0n) is 17.6. The number of hydrogen-bond donors (Lipinski definition) is 1. The molecule has 0 aromatic heterocycles. The molecule has 0 bridgehead atoms. The van der Waals surface area contributed by atoms with E-state index in [4.69, 9.17) is 23.2 Å². The molecule has 32 heavy (non-hydrogen) atoms. The van der Waals surface area contributed by atoms with Crippen LogP contribution in [0.3, 0.4) is 0 Å². The Morgan fingerprint density at radius 2 is 1.75 bits per heavy atom. The van der Waals surface area contributed by atoms with E-state index in [9.17, 15) is 14.7 Å². The molecular formula is C26H23Cl2NO3. The van der Waals surface area contributed by atoms with Gasteiger partial charge in [0.15, 0.2) is 11.4 Å². The van der Waals surface area contributed by atoms with Gasteiger partial charge in [-0.1, -0.05) is 79.0 Å². The van der Waals surface area contributed by atoms with Gasteiger partial charge in [0, 0.05) is 21.2 Å². The van der Waals surface area contributed by atoms with Crippen molar-refractivity contribution in [3.05, 3.63) is 99.0 Å². The molecule has 6 heteroatoms. The van der Waals surface area contributed by atoms with Crippen LogP contribution in [0, 0.1) is 0 Å². The molecule has 0 saturated carbocycles. The van der Waals surface area contributed by atoms with Gasteiger partial charge in [-0.3, -0.25) is 9.59 Å². The van der Waals surface area contributed by atoms with Crippen LogP contribution in [0.15, 0.2) is 66.7 Å². The standard InChI is InChI=1S/C26H23Cl2NO3/c1-2-5-17-8-10-18(11-9-17)24(30)15-26(32)21-14-20(27)12-13-23(21)29(25(26)31)16-19-6-3-4-7-22(19)28/h3-4,6-14,32H,2,5,15-16H2,1H3/t26-/m0/s1. The Kier molecular flexibility index (Phi) is 6.38. The topological polar surface area (TPSA) is 57.6 Å². The number of fused-ring (bicyclic) bond motifs is 1. The first-order valence-electron chi connectivity index (χ1n) is 10.5. The maximum Gasteiger partial charge on any atom is 0.264 e. The molecule has 1 N–H and O–H groups in total. The average Bonchev–Trinajstić information content (AvgIpc) is 2.97. The molecule has 4 nitrogen and oxygen atoms in total. The van der Waals surface area contributed by atoms with E-state index in [0.717, 1.165) is 24.0 Å². The number of nitrogens with zero attached hydrogens (tertiary/aromatic N) is 1. The summed E-state index contributed by atoms with van der Waals surface area (Å²) in [6.45, 7) is 2.27. The number of carbonyl (C=O) groups excluding carboxylic acids is 2. The highest BCUT2D eigenvalue weighted by atomic mass is 35.5. The van der Waals surface area contributed by atoms with E-state index in [1.54, 1.807) is 36.4 Å². The van der Waals surface area contributed by atoms with Gasteiger partial charge >= 0.3 is 0 Å². The number of Topliss-reactive ketones (excluding diaryl/α,β-unsaturated/α-hetero) is 1. The fraction of sp³-hybridized carbons (Fsp3) is 0.231. The molecule has 1 amide bonds. The third kappa shape index (κ3) is 4.18. The Morgan fingerprint density at radius 3 is 2.44 bits per heavy atom. The molecule has 0 radical (unpaired) electrons. The molecule has 0 saturated heterocycles. The van der Waals surface area contributed by atoms with Gasteiger partial charge in [-0.15, -0.1) is 0 Å². The lowest BCUT2D eigenvalue weighted by Gasteiger charge is -2.23. The smallest absolute Gasteiger partial charge is 0.264 e. The Bertz CT molecular complexity index is 1180. The first-order chi connectivity index (χ1) is 15.3. The number of amides is 1. The molecule has 1 heterocycles. The number of carbonyl (C=O) groups is 2. The minimum atomic E-state index is -2.00. The summed E-state index contributed by atoms with van der Waals surface area (Å²) < 4.78 is 0. The second-order valence-corrected chi connectivity index (χ2v) is 8.89. The zero-order valence-corrected chi connectivity index (χ0v) is 19.2. The van der Waals surface area contributed by atoms with Crippen LogP contribution in [0.5, 0.6) is 0 Å². The second kappa shape index (κ2) is 9.07. The van der Waals surface area contributed by atoms with Crippen LogP contribution in [-0.2, 0) is 23.4 Å². The molecule has 0 unspecified atom stereocenters. The first-order valence-corrected chi connectivity index (χ1v) is 11.3. The lowest BCUT2D eigenvalue weighted by molar-refractivity contribution is -0.136. The molecule has 0 spiro atoms. The van der Waals surface area contributed by atoms with Gasteiger partial charge in [0.25, 0.3) is 5.91 Å². The van der Waals surface area contributed by atoms with E-state index in [2.05, 4.69) is 6.92 Å². The summed E-state index contributed by atoms with van der Waals surface area (Å²) in [5.41, 5.74) is 1.19. The summed E-state index contributed by atoms with van der Waals surface area (Å²) in [6.07, 6.45) is 1.57. The van der Waals surface area contributed by atoms with Gasteiger partial charge < -0.3 is 10.0 Å². The van der Waals surface area contributed by atoms with Crippen molar-refractivity contribution in [2.75, 3.05) is 4.90 Å². The first kappa shape index (κ1) is 22.5. The fourth-order valence-corrected chi connectivity index (χ4v) is 4.50. The molecule has 3 aromatic carbocycles. The van der Waals surface area contributed by atoms with Crippen molar-refractivity contribution in [1.29, 1.82) is 0 Å². The van der Waals surface area contributed by atoms with Crippen LogP contribution < -0.4 is 4.90 Å². The highest BCUT2D eigenvalue weighted by molar-refractivity contribution is 6.31. The molecule has 1 aliphatic heterocycles. The molecule has 4 rings (SSSR count). The van der Waals surface area contributed by atoms with Gasteiger partial charge in [0.05, 0.1) is 18.7 Å². The van der Waals surface area contributed by atoms with E-state index < -0.39 is 11.5 Å². The van der Waals surface area contributed by atoms with Crippen molar-refractivity contribution >= 4 is 40.6 Å². The summed E-state index contributed by atoms with van der Waals surface area (Å²) in [7, 11) is 0. The SMILES string of the molecule is CCCc1ccc(C(=O)C[C@@]2(O)C(=O)N(Cc3ccccc3Cl)c3ccc(Cl)cc32)cc1. The van der Waals surface area contributed by atoms with E-state index in [0.29, 0.717) is 26.9 Å². The Labute approximate surface area is 197 Å². The number of rotatable bonds is 7. The normalized spacial score (nSPS) is 17.5. The second-order valence-electron chi connectivity index (χ2n) is 8.05. The largest absolute Gasteiger partial charge is 0.375 e. The summed E-state index contributed by atoms with van der Waals surface area (Å²) in [5, 5.41) is 12.4. The van der Waals surface area contributed by atoms with Crippen molar-refractivity contribution in [2.45, 2.75) is 38.3 Å². The van der Waals surface area contributed by atoms with Crippen molar-refractivity contribution in [2.24, 2.45) is 0 Å². The average molecular weight is 468 g/mol. The van der Waals surface area contributed by atoms with Crippen LogP contribution in [0.2, 0.25) is 10.0 Å². The van der Waals surface area contributed by atoms with Crippen LogP contribution in [-0.4, -0.2) is 16.8 Å². The predicted octanol–water partition coefficient (Wildman–Crippen LogP) is 5.95. The van der Waals surface area contributed by atoms with Crippen LogP contribution >= 0.6 is 23.2 Å². The van der Waals surface area contributed by atoms with E-state index >= 15 is 0 Å². The Morgan fingerprint density at radius 1 is 1.03 bits per heavy atom. The van der Waals surface area contributed by atoms with Crippen LogP contribution in [0.4, 0.5) is 5.69 Å². The molecule has 1 aliphatic rings. The minimum absolute atomic E-state index is 0.176. The maximum absolute atomic E-state index is 13.5. The highest BCUT2D eigenvalue weighted by Gasteiger charge is 2.51. The maximum atomic E-state index is 13.5. The van der Waals surface area contributed by atoms with E-state index in [1.165, 1.54) is 4.90 Å². The van der Waals surface area contributed by atoms with Gasteiger partial charge in [0.2, 0.25) is 0 Å². The summed E-state index contributed by atoms with van der Waals surface area (Å²) in [6, 6.07) is 19.4. The lowest BCUT2D eigenvalue weighted by Crippen LogP contribution is -2.41. The van der Waals surface area contributed by atoms with E-state index in [-0.39, 0.29) is 18.7 Å². The summed E-state index contributed by atoms with van der Waals surface area (Å²) in [5.74, 6) is -0.875. The summed E-state index contributed by atoms with van der Waals surface area (Å²) in [4.78, 5) is 28.0. The fourth-order valence-electron chi connectivity index (χ4n) is 4.13. The number of benzene rings is 3. The number of aliphatic hydroxyl groups is 1. The molecule has 1 atom stereocenters. The number of aryl methyl sites for hydroxylation is 1. The minimum Gasteiger partial charge on any atom is -0.375 e. The Balaban J connectivity index is 1.67. The highest BCUT2D eigenvalue weighted by Crippen LogP contribution is 2.45. The molecular weight excluding hydrogens is 445 g/mol. The molecule has 0 aliphatic carbocycles. The third-order valence-corrected chi connectivity index (χ3v) is 6.42. The van der Waals surface area contributed by atoms with Crippen molar-refractivity contribution in [3.63, 3.8) is 0 Å². The van der Waals surface area contributed by atoms with Crippen LogP contribution in [0.25, 0.3) is 0 Å². The monoisotopic (exact) mass is 467 g/mol. The van der Waals surface area contributed by atoms with Crippen molar-refractivity contribution in [3.8, 4) is 0 Å². The number of anilines is 1. The number of halogens is 2. The van der Waals surface area contributed by atoms with Crippen molar-refractivity contribution < 1.29 is 14.7 Å². The molecule has 0 fully saturated rings. The van der Waals surface area contributed by atoms with Gasteiger partial charge in [0.1, 0.15) is 0 Å². The van der Waals surface area contributed by atoms with Gasteiger partial charge in [-0.25, -0.2) is 0 Å². The van der Waals surface area contributed by atoms with Crippen LogP contribution in [0.1, 0.15) is 46.8 Å². The number of hydrogen-bond acceptors (Lipinski definition) is 3.